The summed E-state index contributed by atoms with van der Waals surface area (Å²) in [6.07, 6.45) is 2.27. The minimum absolute atomic E-state index is 0.311. The monoisotopic (exact) mass is 355 g/mol. The van der Waals surface area contributed by atoms with Crippen LogP contribution in [0.2, 0.25) is 0 Å². The average Bonchev–Trinajstić information content (AvgIpc) is 2.37. The number of carboxylic acid groups (broad SMARTS) is 1. The van der Waals surface area contributed by atoms with Crippen LogP contribution in [0.4, 0.5) is 5.69 Å². The van der Waals surface area contributed by atoms with E-state index in [1.54, 1.807) is 6.07 Å². The van der Waals surface area contributed by atoms with E-state index in [1.807, 2.05) is 12.1 Å². The van der Waals surface area contributed by atoms with Crippen LogP contribution in [0.5, 0.6) is 0 Å². The maximum atomic E-state index is 11.1. The Labute approximate surface area is 136 Å². The number of rotatable bonds is 8. The number of hydrogen-bond donors (Lipinski definition) is 1. The number of aromatic carboxylic acids is 1. The highest BCUT2D eigenvalue weighted by Gasteiger charge is 2.13. The molecule has 0 fully saturated rings. The molecule has 0 aliphatic carbocycles. The van der Waals surface area contributed by atoms with E-state index in [1.165, 1.54) is 0 Å². The Morgan fingerprint density at radius 1 is 1.14 bits per heavy atom. The van der Waals surface area contributed by atoms with E-state index in [4.69, 9.17) is 5.11 Å². The molecule has 1 rings (SSSR count). The van der Waals surface area contributed by atoms with Crippen molar-refractivity contribution in [2.45, 2.75) is 40.5 Å². The molecule has 21 heavy (non-hydrogen) atoms. The van der Waals surface area contributed by atoms with Crippen LogP contribution < -0.4 is 4.90 Å². The van der Waals surface area contributed by atoms with Crippen LogP contribution in [0.15, 0.2) is 22.7 Å². The third-order valence-corrected chi connectivity index (χ3v) is 4.16. The van der Waals surface area contributed by atoms with Gasteiger partial charge in [0, 0.05) is 23.2 Å². The lowest BCUT2D eigenvalue weighted by Gasteiger charge is -2.27. The highest BCUT2D eigenvalue weighted by Crippen LogP contribution is 2.25. The molecule has 0 heterocycles. The Balaban J connectivity index is 2.90. The fourth-order valence-corrected chi connectivity index (χ4v) is 2.61. The second-order valence-electron chi connectivity index (χ2n) is 6.32. The summed E-state index contributed by atoms with van der Waals surface area (Å²) < 4.78 is 0.645. The van der Waals surface area contributed by atoms with Crippen LogP contribution in [-0.2, 0) is 0 Å². The molecule has 1 aromatic rings. The van der Waals surface area contributed by atoms with Gasteiger partial charge in [0.1, 0.15) is 0 Å². The summed E-state index contributed by atoms with van der Waals surface area (Å²) in [7, 11) is 0. The smallest absolute Gasteiger partial charge is 0.336 e. The van der Waals surface area contributed by atoms with Crippen molar-refractivity contribution < 1.29 is 9.90 Å². The molecule has 1 N–H and O–H groups in total. The van der Waals surface area contributed by atoms with Crippen molar-refractivity contribution in [1.29, 1.82) is 0 Å². The van der Waals surface area contributed by atoms with Gasteiger partial charge in [-0.1, -0.05) is 27.7 Å². The lowest BCUT2D eigenvalue weighted by Crippen LogP contribution is -2.27. The number of benzene rings is 1. The first kappa shape index (κ1) is 18.0. The van der Waals surface area contributed by atoms with E-state index in [0.717, 1.165) is 31.6 Å². The molecule has 0 radical (unpaired) electrons. The van der Waals surface area contributed by atoms with Gasteiger partial charge < -0.3 is 10.0 Å². The summed E-state index contributed by atoms with van der Waals surface area (Å²) >= 11 is 3.37. The van der Waals surface area contributed by atoms with Gasteiger partial charge in [-0.15, -0.1) is 0 Å². The fraction of sp³-hybridized carbons (Fsp3) is 0.588. The van der Waals surface area contributed by atoms with Crippen molar-refractivity contribution in [1.82, 2.24) is 0 Å². The summed E-state index contributed by atoms with van der Waals surface area (Å²) in [6.45, 7) is 10.9. The van der Waals surface area contributed by atoms with E-state index in [0.29, 0.717) is 21.9 Å². The third-order valence-electron chi connectivity index (χ3n) is 3.50. The summed E-state index contributed by atoms with van der Waals surface area (Å²) in [5, 5.41) is 9.10. The molecule has 118 valence electrons. The molecule has 0 aliphatic rings. The number of hydrogen-bond acceptors (Lipinski definition) is 2. The minimum atomic E-state index is -0.899. The predicted octanol–water partition coefficient (Wildman–Crippen LogP) is 5.05. The van der Waals surface area contributed by atoms with Crippen molar-refractivity contribution in [2.75, 3.05) is 18.0 Å². The summed E-state index contributed by atoms with van der Waals surface area (Å²) in [6, 6.07) is 5.51. The van der Waals surface area contributed by atoms with Crippen molar-refractivity contribution in [3.8, 4) is 0 Å². The van der Waals surface area contributed by atoms with Gasteiger partial charge in [-0.3, -0.25) is 0 Å². The summed E-state index contributed by atoms with van der Waals surface area (Å²) in [5.74, 6) is 0.422. The average molecular weight is 356 g/mol. The molecule has 0 bridgehead atoms. The molecular formula is C17H26BrNO2. The highest BCUT2D eigenvalue weighted by atomic mass is 79.9. The molecule has 0 aliphatic heterocycles. The van der Waals surface area contributed by atoms with Crippen LogP contribution in [0.3, 0.4) is 0 Å². The summed E-state index contributed by atoms with van der Waals surface area (Å²) in [5.41, 5.74) is 1.40. The maximum Gasteiger partial charge on any atom is 0.336 e. The molecular weight excluding hydrogens is 330 g/mol. The van der Waals surface area contributed by atoms with Gasteiger partial charge in [-0.25, -0.2) is 4.79 Å². The molecule has 0 amide bonds. The normalized spacial score (nSPS) is 11.2. The predicted molar refractivity (Wildman–Crippen MR) is 92.2 cm³/mol. The standard InChI is InChI=1S/C17H26BrNO2/c1-12(2)7-9-19(10-8-13(3)4)14-5-6-15(17(20)21)16(18)11-14/h5-6,11-13H,7-10H2,1-4H3,(H,20,21). The Morgan fingerprint density at radius 2 is 1.67 bits per heavy atom. The van der Waals surface area contributed by atoms with Crippen LogP contribution >= 0.6 is 15.9 Å². The first-order valence-electron chi connectivity index (χ1n) is 7.59. The third kappa shape index (κ3) is 6.08. The Morgan fingerprint density at radius 3 is 2.05 bits per heavy atom. The number of halogens is 1. The van der Waals surface area contributed by atoms with Crippen LogP contribution in [-0.4, -0.2) is 24.2 Å². The SMILES string of the molecule is CC(C)CCN(CCC(C)C)c1ccc(C(=O)O)c(Br)c1. The zero-order chi connectivity index (χ0) is 16.0. The van der Waals surface area contributed by atoms with Crippen molar-refractivity contribution in [3.63, 3.8) is 0 Å². The van der Waals surface area contributed by atoms with E-state index in [-0.39, 0.29) is 0 Å². The van der Waals surface area contributed by atoms with Crippen molar-refractivity contribution in [2.24, 2.45) is 11.8 Å². The molecule has 0 saturated carbocycles. The second-order valence-corrected chi connectivity index (χ2v) is 7.18. The van der Waals surface area contributed by atoms with Gasteiger partial charge in [0.05, 0.1) is 5.56 Å². The van der Waals surface area contributed by atoms with E-state index >= 15 is 0 Å². The highest BCUT2D eigenvalue weighted by molar-refractivity contribution is 9.10. The molecule has 0 unspecified atom stereocenters. The molecule has 0 spiro atoms. The van der Waals surface area contributed by atoms with Crippen LogP contribution in [0.1, 0.15) is 50.9 Å². The largest absolute Gasteiger partial charge is 0.478 e. The maximum absolute atomic E-state index is 11.1. The fourth-order valence-electron chi connectivity index (χ4n) is 2.07. The van der Waals surface area contributed by atoms with Crippen LogP contribution in [0, 0.1) is 11.8 Å². The number of anilines is 1. The van der Waals surface area contributed by atoms with Gasteiger partial charge >= 0.3 is 5.97 Å². The second kappa shape index (κ2) is 8.42. The van der Waals surface area contributed by atoms with Gasteiger partial charge in [0.15, 0.2) is 0 Å². The van der Waals surface area contributed by atoms with E-state index < -0.39 is 5.97 Å². The van der Waals surface area contributed by atoms with E-state index in [2.05, 4.69) is 48.5 Å². The number of nitrogens with zero attached hydrogens (tertiary/aromatic N) is 1. The molecule has 4 heteroatoms. The minimum Gasteiger partial charge on any atom is -0.478 e. The Kier molecular flexibility index (Phi) is 7.23. The number of carboxylic acids is 1. The topological polar surface area (TPSA) is 40.5 Å². The van der Waals surface area contributed by atoms with Gasteiger partial charge in [-0.2, -0.15) is 0 Å². The van der Waals surface area contributed by atoms with Crippen molar-refractivity contribution in [3.05, 3.63) is 28.2 Å². The first-order chi connectivity index (χ1) is 9.81. The Hall–Kier alpha value is -1.03. The van der Waals surface area contributed by atoms with Gasteiger partial charge in [-0.05, 0) is 58.8 Å². The van der Waals surface area contributed by atoms with E-state index in [9.17, 15) is 4.79 Å². The molecule has 3 nitrogen and oxygen atoms in total. The molecule has 0 saturated heterocycles. The summed E-state index contributed by atoms with van der Waals surface area (Å²) in [4.78, 5) is 13.4. The number of carbonyl (C=O) groups is 1. The quantitative estimate of drug-likeness (QED) is 0.709. The first-order valence-corrected chi connectivity index (χ1v) is 8.38. The lowest BCUT2D eigenvalue weighted by molar-refractivity contribution is 0.0696. The zero-order valence-corrected chi connectivity index (χ0v) is 15.0. The van der Waals surface area contributed by atoms with Crippen molar-refractivity contribution >= 4 is 27.6 Å². The van der Waals surface area contributed by atoms with Crippen LogP contribution in [0.25, 0.3) is 0 Å². The molecule has 0 aromatic heterocycles. The lowest BCUT2D eigenvalue weighted by atomic mass is 10.1. The molecule has 0 atom stereocenters. The van der Waals surface area contributed by atoms with Gasteiger partial charge in [0.2, 0.25) is 0 Å². The Bertz CT molecular complexity index is 460. The van der Waals surface area contributed by atoms with Gasteiger partial charge in [0.25, 0.3) is 0 Å². The molecule has 1 aromatic carbocycles. The zero-order valence-electron chi connectivity index (χ0n) is 13.4.